The Kier molecular flexibility index (Phi) is 6.14. The summed E-state index contributed by atoms with van der Waals surface area (Å²) >= 11 is 6.33. The molecule has 1 aromatic heterocycles. The number of fused-ring (bicyclic) bond motifs is 3. The van der Waals surface area contributed by atoms with Gasteiger partial charge in [0.1, 0.15) is 11.5 Å². The summed E-state index contributed by atoms with van der Waals surface area (Å²) in [6, 6.07) is 14.1. The number of benzene rings is 2. The summed E-state index contributed by atoms with van der Waals surface area (Å²) in [6.45, 7) is 2.73. The molecule has 2 heterocycles. The van der Waals surface area contributed by atoms with Gasteiger partial charge in [0.2, 0.25) is 0 Å². The van der Waals surface area contributed by atoms with E-state index in [1.165, 1.54) is 22.2 Å². The fourth-order valence-electron chi connectivity index (χ4n) is 4.51. The molecule has 4 rings (SSSR count). The van der Waals surface area contributed by atoms with E-state index in [0.717, 1.165) is 42.4 Å². The Hall–Kier alpha value is -2.34. The zero-order chi connectivity index (χ0) is 21.3. The summed E-state index contributed by atoms with van der Waals surface area (Å²) in [6.07, 6.45) is 1.41. The van der Waals surface area contributed by atoms with Gasteiger partial charge in [0.15, 0.2) is 0 Å². The van der Waals surface area contributed by atoms with Crippen molar-refractivity contribution in [2.75, 3.05) is 27.2 Å². The highest BCUT2D eigenvalue weighted by Gasteiger charge is 2.25. The molecule has 0 radical (unpaired) electrons. The number of aromatic nitrogens is 1. The number of Topliss-reactive ketones (excluding diaryl/α,β-unsaturated/α-hetero) is 1. The molecule has 1 aliphatic rings. The minimum absolute atomic E-state index is 0.0435. The number of halogens is 1. The second-order valence-corrected chi connectivity index (χ2v) is 8.54. The second-order valence-electron chi connectivity index (χ2n) is 8.10. The van der Waals surface area contributed by atoms with Gasteiger partial charge in [-0.15, -0.1) is 0 Å². The van der Waals surface area contributed by atoms with Crippen LogP contribution >= 0.6 is 11.6 Å². The van der Waals surface area contributed by atoms with Crippen LogP contribution in [0.25, 0.3) is 10.9 Å². The van der Waals surface area contributed by atoms with E-state index in [9.17, 15) is 4.79 Å². The Bertz CT molecular complexity index is 1060. The zero-order valence-corrected chi connectivity index (χ0v) is 18.3. The van der Waals surface area contributed by atoms with Crippen molar-refractivity contribution in [3.05, 3.63) is 64.3 Å². The quantitative estimate of drug-likeness (QED) is 0.621. The van der Waals surface area contributed by atoms with E-state index in [1.54, 1.807) is 7.11 Å². The summed E-state index contributed by atoms with van der Waals surface area (Å²) in [5, 5.41) is 1.96. The van der Waals surface area contributed by atoms with Crippen LogP contribution in [0.4, 0.5) is 0 Å². The fourth-order valence-corrected chi connectivity index (χ4v) is 4.68. The number of nitrogens with zero attached hydrogens (tertiary/aromatic N) is 2. The maximum Gasteiger partial charge on any atom is 0.147 e. The summed E-state index contributed by atoms with van der Waals surface area (Å²) in [5.41, 5.74) is 10.7. The first-order valence-electron chi connectivity index (χ1n) is 10.3. The summed E-state index contributed by atoms with van der Waals surface area (Å²) in [5.74, 6) is 0.926. The third-order valence-corrected chi connectivity index (χ3v) is 6.33. The van der Waals surface area contributed by atoms with Gasteiger partial charge in [-0.1, -0.05) is 23.7 Å². The van der Waals surface area contributed by atoms with Gasteiger partial charge >= 0.3 is 0 Å². The van der Waals surface area contributed by atoms with Crippen LogP contribution in [0.1, 0.15) is 29.2 Å². The van der Waals surface area contributed by atoms with Gasteiger partial charge in [0.25, 0.3) is 0 Å². The van der Waals surface area contributed by atoms with Gasteiger partial charge in [-0.25, -0.2) is 0 Å². The number of carbonyl (C=O) groups is 1. The lowest BCUT2D eigenvalue weighted by Gasteiger charge is -2.26. The average molecular weight is 426 g/mol. The summed E-state index contributed by atoms with van der Waals surface area (Å²) in [7, 11) is 3.81. The fraction of sp³-hybridized carbons (Fsp3) is 0.375. The molecule has 0 aliphatic carbocycles. The van der Waals surface area contributed by atoms with Crippen LogP contribution in [-0.4, -0.2) is 42.5 Å². The molecule has 6 heteroatoms. The first kappa shape index (κ1) is 20.9. The van der Waals surface area contributed by atoms with Crippen LogP contribution in [0.3, 0.4) is 0 Å². The van der Waals surface area contributed by atoms with Gasteiger partial charge < -0.3 is 19.9 Å². The SMILES string of the molecule is COc1ccc(C(CC(=O)CN)Cn2c3c(c4cc(Cl)ccc42)CN(C)CC3)cc1. The molecular formula is C24H28ClN3O2. The molecule has 0 amide bonds. The monoisotopic (exact) mass is 425 g/mol. The van der Waals surface area contributed by atoms with E-state index in [4.69, 9.17) is 22.1 Å². The van der Waals surface area contributed by atoms with E-state index in [1.807, 2.05) is 18.2 Å². The van der Waals surface area contributed by atoms with E-state index in [2.05, 4.69) is 40.8 Å². The molecule has 1 atom stereocenters. The maximum absolute atomic E-state index is 12.3. The normalized spacial score (nSPS) is 15.2. The number of rotatable bonds is 7. The number of ether oxygens (including phenoxy) is 1. The lowest BCUT2D eigenvalue weighted by Crippen LogP contribution is -2.28. The average Bonchev–Trinajstić information content (AvgIpc) is 3.05. The molecular weight excluding hydrogens is 398 g/mol. The van der Waals surface area contributed by atoms with Crippen molar-refractivity contribution >= 4 is 28.3 Å². The first-order chi connectivity index (χ1) is 14.5. The Morgan fingerprint density at radius 2 is 2.00 bits per heavy atom. The lowest BCUT2D eigenvalue weighted by atomic mass is 9.93. The number of methoxy groups -OCH3 is 1. The van der Waals surface area contributed by atoms with Crippen LogP contribution in [0.15, 0.2) is 42.5 Å². The molecule has 1 unspecified atom stereocenters. The van der Waals surface area contributed by atoms with E-state index < -0.39 is 0 Å². The minimum Gasteiger partial charge on any atom is -0.497 e. The molecule has 2 N–H and O–H groups in total. The topological polar surface area (TPSA) is 60.5 Å². The second kappa shape index (κ2) is 8.80. The van der Waals surface area contributed by atoms with E-state index >= 15 is 0 Å². The smallest absolute Gasteiger partial charge is 0.147 e. The summed E-state index contributed by atoms with van der Waals surface area (Å²) in [4.78, 5) is 14.6. The highest BCUT2D eigenvalue weighted by atomic mass is 35.5. The molecule has 3 aromatic rings. The Morgan fingerprint density at radius 3 is 2.70 bits per heavy atom. The number of carbonyl (C=O) groups excluding carboxylic acids is 1. The van der Waals surface area contributed by atoms with Crippen LogP contribution in [-0.2, 0) is 24.3 Å². The predicted octanol–water partition coefficient (Wildman–Crippen LogP) is 3.99. The van der Waals surface area contributed by atoms with Crippen molar-refractivity contribution in [1.82, 2.24) is 9.47 Å². The van der Waals surface area contributed by atoms with Gasteiger partial charge in [-0.2, -0.15) is 0 Å². The minimum atomic E-state index is 0.0435. The van der Waals surface area contributed by atoms with E-state index in [-0.39, 0.29) is 18.2 Å². The first-order valence-corrected chi connectivity index (χ1v) is 10.7. The van der Waals surface area contributed by atoms with Crippen LogP contribution in [0.2, 0.25) is 5.02 Å². The third kappa shape index (κ3) is 4.10. The molecule has 1 aliphatic heterocycles. The predicted molar refractivity (Wildman–Crippen MR) is 121 cm³/mol. The Morgan fingerprint density at radius 1 is 1.23 bits per heavy atom. The molecule has 0 bridgehead atoms. The molecule has 0 saturated carbocycles. The molecule has 0 fully saturated rings. The van der Waals surface area contributed by atoms with Gasteiger partial charge in [-0.3, -0.25) is 4.79 Å². The van der Waals surface area contributed by atoms with Crippen molar-refractivity contribution in [3.63, 3.8) is 0 Å². The number of hydrogen-bond acceptors (Lipinski definition) is 4. The number of nitrogens with two attached hydrogens (primary N) is 1. The van der Waals surface area contributed by atoms with E-state index in [0.29, 0.717) is 6.42 Å². The van der Waals surface area contributed by atoms with Crippen molar-refractivity contribution in [2.24, 2.45) is 5.73 Å². The third-order valence-electron chi connectivity index (χ3n) is 6.10. The Balaban J connectivity index is 1.78. The van der Waals surface area contributed by atoms with Gasteiger partial charge in [-0.05, 0) is 48.5 Å². The molecule has 30 heavy (non-hydrogen) atoms. The van der Waals surface area contributed by atoms with Crippen LogP contribution in [0.5, 0.6) is 5.75 Å². The zero-order valence-electron chi connectivity index (χ0n) is 17.5. The molecule has 0 spiro atoms. The number of hydrogen-bond donors (Lipinski definition) is 1. The Labute approximate surface area is 182 Å². The molecule has 158 valence electrons. The maximum atomic E-state index is 12.3. The highest BCUT2D eigenvalue weighted by Crippen LogP contribution is 2.35. The number of ketones is 1. The molecule has 0 saturated heterocycles. The highest BCUT2D eigenvalue weighted by molar-refractivity contribution is 6.31. The van der Waals surface area contributed by atoms with Crippen molar-refractivity contribution in [1.29, 1.82) is 0 Å². The van der Waals surface area contributed by atoms with Crippen molar-refractivity contribution < 1.29 is 9.53 Å². The molecule has 2 aromatic carbocycles. The lowest BCUT2D eigenvalue weighted by molar-refractivity contribution is -0.118. The van der Waals surface area contributed by atoms with Crippen molar-refractivity contribution in [3.8, 4) is 5.75 Å². The summed E-state index contributed by atoms with van der Waals surface area (Å²) < 4.78 is 7.70. The van der Waals surface area contributed by atoms with Crippen LogP contribution < -0.4 is 10.5 Å². The van der Waals surface area contributed by atoms with Gasteiger partial charge in [0, 0.05) is 60.0 Å². The number of likely N-dealkylation sites (N-methyl/N-ethyl adjacent to an activating group) is 1. The largest absolute Gasteiger partial charge is 0.497 e. The van der Waals surface area contributed by atoms with Crippen LogP contribution in [0, 0.1) is 0 Å². The standard InChI is InChI=1S/C24H28ClN3O2/c1-27-10-9-24-22(15-27)21-12-18(25)5-8-23(21)28(24)14-17(11-19(29)13-26)16-3-6-20(30-2)7-4-16/h3-8,12,17H,9-11,13-15,26H2,1-2H3. The van der Waals surface area contributed by atoms with Crippen molar-refractivity contribution in [2.45, 2.75) is 31.8 Å². The molecule has 5 nitrogen and oxygen atoms in total. The van der Waals surface area contributed by atoms with Gasteiger partial charge in [0.05, 0.1) is 13.7 Å².